The van der Waals surface area contributed by atoms with Gasteiger partial charge in [-0.15, -0.1) is 11.3 Å². The van der Waals surface area contributed by atoms with E-state index in [1.165, 1.54) is 50.3 Å². The molecular weight excluding hydrogens is 402 g/mol. The van der Waals surface area contributed by atoms with Crippen LogP contribution in [0.2, 0.25) is 0 Å². The third kappa shape index (κ3) is 4.25. The Morgan fingerprint density at radius 1 is 0.793 bits per heavy atom. The maximum absolute atomic E-state index is 5.92. The number of thiazole rings is 1. The van der Waals surface area contributed by atoms with Gasteiger partial charge in [0.15, 0.2) is 4.34 Å². The number of aromatic nitrogens is 4. The first-order valence-corrected chi connectivity index (χ1v) is 12.0. The quantitative estimate of drug-likeness (QED) is 0.620. The number of anilines is 3. The number of hydrogen-bond acceptors (Lipinski definition) is 9. The van der Waals surface area contributed by atoms with E-state index in [-0.39, 0.29) is 0 Å². The monoisotopic (exact) mass is 427 g/mol. The van der Waals surface area contributed by atoms with E-state index < -0.39 is 0 Å². The van der Waals surface area contributed by atoms with Gasteiger partial charge in [-0.25, -0.2) is 4.98 Å². The Bertz CT molecular complexity index is 957. The van der Waals surface area contributed by atoms with E-state index in [1.807, 2.05) is 18.2 Å². The molecule has 1 aromatic carbocycles. The van der Waals surface area contributed by atoms with Gasteiger partial charge in [-0.3, -0.25) is 0 Å². The van der Waals surface area contributed by atoms with Crippen molar-refractivity contribution in [3.63, 3.8) is 0 Å². The van der Waals surface area contributed by atoms with E-state index in [4.69, 9.17) is 25.7 Å². The molecule has 0 unspecified atom stereocenters. The average molecular weight is 428 g/mol. The highest BCUT2D eigenvalue weighted by Crippen LogP contribution is 2.35. The molecule has 29 heavy (non-hydrogen) atoms. The van der Waals surface area contributed by atoms with Crippen LogP contribution in [0.15, 0.2) is 27.7 Å². The Balaban J connectivity index is 1.47. The molecule has 2 N–H and O–H groups in total. The average Bonchev–Trinajstić information content (AvgIpc) is 3.16. The van der Waals surface area contributed by atoms with Gasteiger partial charge in [-0.2, -0.15) is 15.0 Å². The molecule has 0 saturated carbocycles. The van der Waals surface area contributed by atoms with Gasteiger partial charge in [-0.1, -0.05) is 0 Å². The normalized spacial score (nSPS) is 17.8. The molecule has 3 aromatic rings. The van der Waals surface area contributed by atoms with Crippen molar-refractivity contribution in [3.8, 4) is 0 Å². The lowest BCUT2D eigenvalue weighted by Gasteiger charge is -2.30. The second-order valence-corrected chi connectivity index (χ2v) is 9.87. The summed E-state index contributed by atoms with van der Waals surface area (Å²) in [5.74, 6) is 1.63. The molecule has 0 atom stereocenters. The summed E-state index contributed by atoms with van der Waals surface area (Å²) in [6.07, 6.45) is 7.38. The summed E-state index contributed by atoms with van der Waals surface area (Å²) in [4.78, 5) is 23.8. The molecule has 0 aliphatic carbocycles. The third-order valence-electron chi connectivity index (χ3n) is 5.44. The minimum absolute atomic E-state index is 0.730. The van der Waals surface area contributed by atoms with Crippen LogP contribution in [0.25, 0.3) is 10.2 Å². The van der Waals surface area contributed by atoms with Gasteiger partial charge >= 0.3 is 0 Å². The SMILES string of the molecule is Nc1ccc2nc(Sc3nc(N4CCCCC4)nc(N4CCCCC4)n3)sc2c1. The molecular formula is C20H25N7S2. The zero-order valence-electron chi connectivity index (χ0n) is 16.4. The first-order chi connectivity index (χ1) is 14.2. The van der Waals surface area contributed by atoms with E-state index in [2.05, 4.69) is 9.80 Å². The fraction of sp³-hybridized carbons (Fsp3) is 0.500. The van der Waals surface area contributed by atoms with Crippen molar-refractivity contribution in [2.45, 2.75) is 48.0 Å². The number of benzene rings is 1. The van der Waals surface area contributed by atoms with Gasteiger partial charge < -0.3 is 15.5 Å². The van der Waals surface area contributed by atoms with Crippen molar-refractivity contribution in [1.29, 1.82) is 0 Å². The molecule has 2 aliphatic heterocycles. The molecule has 0 bridgehead atoms. The molecule has 0 amide bonds. The van der Waals surface area contributed by atoms with Crippen LogP contribution in [0.5, 0.6) is 0 Å². The maximum Gasteiger partial charge on any atom is 0.231 e. The van der Waals surface area contributed by atoms with Crippen LogP contribution in [0, 0.1) is 0 Å². The Morgan fingerprint density at radius 2 is 1.41 bits per heavy atom. The summed E-state index contributed by atoms with van der Waals surface area (Å²) < 4.78 is 2.03. The predicted molar refractivity (Wildman–Crippen MR) is 120 cm³/mol. The summed E-state index contributed by atoms with van der Waals surface area (Å²) >= 11 is 3.16. The smallest absolute Gasteiger partial charge is 0.231 e. The zero-order valence-corrected chi connectivity index (χ0v) is 18.0. The number of fused-ring (bicyclic) bond motifs is 1. The Labute approximate surface area is 178 Å². The van der Waals surface area contributed by atoms with E-state index >= 15 is 0 Å². The summed E-state index contributed by atoms with van der Waals surface area (Å²) in [7, 11) is 0. The summed E-state index contributed by atoms with van der Waals surface area (Å²) in [5, 5.41) is 0.730. The minimum atomic E-state index is 0.730. The van der Waals surface area contributed by atoms with Gasteiger partial charge in [0.05, 0.1) is 10.2 Å². The van der Waals surface area contributed by atoms with Crippen LogP contribution in [-0.4, -0.2) is 46.1 Å². The standard InChI is InChI=1S/C20H25N7S2/c21-14-7-8-15-16(13-14)28-20(22-15)29-19-24-17(26-9-3-1-4-10-26)23-18(25-19)27-11-5-2-6-12-27/h7-8,13H,1-6,9-12,21H2. The molecule has 4 heterocycles. The molecule has 2 saturated heterocycles. The van der Waals surface area contributed by atoms with Crippen LogP contribution in [0.1, 0.15) is 38.5 Å². The Hall–Kier alpha value is -2.13. The van der Waals surface area contributed by atoms with Crippen LogP contribution in [-0.2, 0) is 0 Å². The molecule has 2 fully saturated rings. The lowest BCUT2D eigenvalue weighted by Crippen LogP contribution is -2.34. The van der Waals surface area contributed by atoms with Crippen LogP contribution in [0.3, 0.4) is 0 Å². The first-order valence-electron chi connectivity index (χ1n) is 10.3. The van der Waals surface area contributed by atoms with E-state index in [1.54, 1.807) is 11.3 Å². The van der Waals surface area contributed by atoms with Crippen molar-refractivity contribution >= 4 is 50.9 Å². The van der Waals surface area contributed by atoms with Gasteiger partial charge in [0.2, 0.25) is 17.1 Å². The van der Waals surface area contributed by atoms with Crippen LogP contribution < -0.4 is 15.5 Å². The van der Waals surface area contributed by atoms with E-state index in [0.29, 0.717) is 0 Å². The van der Waals surface area contributed by atoms with Gasteiger partial charge in [0.1, 0.15) is 0 Å². The second kappa shape index (κ2) is 8.31. The third-order valence-corrected chi connectivity index (χ3v) is 7.38. The molecule has 7 nitrogen and oxygen atoms in total. The number of rotatable bonds is 4. The Kier molecular flexibility index (Phi) is 5.41. The predicted octanol–water partition coefficient (Wildman–Crippen LogP) is 4.20. The molecule has 0 spiro atoms. The summed E-state index contributed by atoms with van der Waals surface area (Å²) in [6.45, 7) is 4.09. The maximum atomic E-state index is 5.92. The topological polar surface area (TPSA) is 84.1 Å². The van der Waals surface area contributed by atoms with Crippen molar-refractivity contribution in [2.75, 3.05) is 41.7 Å². The summed E-state index contributed by atoms with van der Waals surface area (Å²) in [5.41, 5.74) is 7.65. The summed E-state index contributed by atoms with van der Waals surface area (Å²) in [6, 6.07) is 5.84. The highest BCUT2D eigenvalue weighted by atomic mass is 32.2. The van der Waals surface area contributed by atoms with Crippen molar-refractivity contribution in [2.24, 2.45) is 0 Å². The fourth-order valence-corrected chi connectivity index (χ4v) is 5.85. The van der Waals surface area contributed by atoms with Gasteiger partial charge in [0.25, 0.3) is 0 Å². The van der Waals surface area contributed by atoms with E-state index in [9.17, 15) is 0 Å². The molecule has 2 aromatic heterocycles. The molecule has 9 heteroatoms. The zero-order chi connectivity index (χ0) is 19.6. The number of nitrogens with two attached hydrogens (primary N) is 1. The molecule has 2 aliphatic rings. The highest BCUT2D eigenvalue weighted by Gasteiger charge is 2.21. The number of nitrogens with zero attached hydrogens (tertiary/aromatic N) is 6. The van der Waals surface area contributed by atoms with E-state index in [0.717, 1.165) is 63.5 Å². The highest BCUT2D eigenvalue weighted by molar-refractivity contribution is 8.01. The van der Waals surface area contributed by atoms with Crippen molar-refractivity contribution < 1.29 is 0 Å². The Morgan fingerprint density at radius 3 is 2.03 bits per heavy atom. The van der Waals surface area contributed by atoms with Crippen molar-refractivity contribution in [3.05, 3.63) is 18.2 Å². The fourth-order valence-electron chi connectivity index (χ4n) is 3.89. The molecule has 152 valence electrons. The largest absolute Gasteiger partial charge is 0.399 e. The second-order valence-electron chi connectivity index (χ2n) is 7.62. The lowest BCUT2D eigenvalue weighted by atomic mass is 10.1. The molecule has 0 radical (unpaired) electrons. The van der Waals surface area contributed by atoms with Crippen LogP contribution >= 0.6 is 23.1 Å². The number of hydrogen-bond donors (Lipinski definition) is 1. The molecule has 5 rings (SSSR count). The van der Waals surface area contributed by atoms with Crippen LogP contribution in [0.4, 0.5) is 17.6 Å². The number of piperidine rings is 2. The first kappa shape index (κ1) is 18.9. The lowest BCUT2D eigenvalue weighted by molar-refractivity contribution is 0.551. The van der Waals surface area contributed by atoms with Gasteiger partial charge in [-0.05, 0) is 68.5 Å². The number of nitrogen functional groups attached to an aromatic ring is 1. The minimum Gasteiger partial charge on any atom is -0.399 e. The van der Waals surface area contributed by atoms with Gasteiger partial charge in [0, 0.05) is 31.9 Å². The van der Waals surface area contributed by atoms with Crippen molar-refractivity contribution in [1.82, 2.24) is 19.9 Å².